The SMILES string of the molecule is CC1CCN(Cc2cccc(CNC(=O)C3CC4CCCC(C3)C4N)c2)CC1. The molecule has 28 heavy (non-hydrogen) atoms. The zero-order chi connectivity index (χ0) is 19.5. The number of benzene rings is 1. The first-order chi connectivity index (χ1) is 13.6. The van der Waals surface area contributed by atoms with Crippen LogP contribution in [0.1, 0.15) is 63.0 Å². The topological polar surface area (TPSA) is 58.4 Å². The van der Waals surface area contributed by atoms with Crippen LogP contribution in [0.25, 0.3) is 0 Å². The molecule has 0 aromatic heterocycles. The lowest BCUT2D eigenvalue weighted by Crippen LogP contribution is -2.49. The van der Waals surface area contributed by atoms with Gasteiger partial charge in [0.05, 0.1) is 0 Å². The summed E-state index contributed by atoms with van der Waals surface area (Å²) >= 11 is 0. The fourth-order valence-electron chi connectivity index (χ4n) is 5.65. The molecule has 4 rings (SSSR count). The summed E-state index contributed by atoms with van der Waals surface area (Å²) in [6.45, 7) is 6.43. The Hall–Kier alpha value is -1.39. The minimum absolute atomic E-state index is 0.161. The smallest absolute Gasteiger partial charge is 0.223 e. The number of nitrogens with one attached hydrogen (secondary N) is 1. The average molecular weight is 384 g/mol. The highest BCUT2D eigenvalue weighted by Crippen LogP contribution is 2.41. The van der Waals surface area contributed by atoms with Crippen molar-refractivity contribution in [2.45, 2.75) is 71.0 Å². The number of carbonyl (C=O) groups is 1. The van der Waals surface area contributed by atoms with Gasteiger partial charge in [-0.25, -0.2) is 0 Å². The molecule has 2 saturated carbocycles. The van der Waals surface area contributed by atoms with E-state index in [-0.39, 0.29) is 11.8 Å². The quantitative estimate of drug-likeness (QED) is 0.815. The second-order valence-corrected chi connectivity index (χ2v) is 9.69. The van der Waals surface area contributed by atoms with Crippen LogP contribution in [0.2, 0.25) is 0 Å². The Balaban J connectivity index is 1.28. The summed E-state index contributed by atoms with van der Waals surface area (Å²) in [6.07, 6.45) is 8.29. The van der Waals surface area contributed by atoms with Gasteiger partial charge in [-0.1, -0.05) is 37.6 Å². The summed E-state index contributed by atoms with van der Waals surface area (Å²) in [5.41, 5.74) is 8.95. The monoisotopic (exact) mass is 383 g/mol. The van der Waals surface area contributed by atoms with E-state index in [0.717, 1.165) is 25.3 Å². The maximum Gasteiger partial charge on any atom is 0.223 e. The number of piperidine rings is 1. The second kappa shape index (κ2) is 8.96. The molecule has 0 spiro atoms. The van der Waals surface area contributed by atoms with Crippen molar-refractivity contribution < 1.29 is 4.79 Å². The van der Waals surface area contributed by atoms with Crippen LogP contribution in [0, 0.1) is 23.7 Å². The van der Waals surface area contributed by atoms with E-state index in [0.29, 0.717) is 24.4 Å². The zero-order valence-corrected chi connectivity index (χ0v) is 17.4. The number of hydrogen-bond acceptors (Lipinski definition) is 3. The lowest BCUT2D eigenvalue weighted by molar-refractivity contribution is -0.128. The summed E-state index contributed by atoms with van der Waals surface area (Å²) < 4.78 is 0. The van der Waals surface area contributed by atoms with Crippen LogP contribution in [0.4, 0.5) is 0 Å². The third kappa shape index (κ3) is 4.77. The van der Waals surface area contributed by atoms with Crippen molar-refractivity contribution in [3.05, 3.63) is 35.4 Å². The second-order valence-electron chi connectivity index (χ2n) is 9.69. The van der Waals surface area contributed by atoms with Gasteiger partial charge in [0.15, 0.2) is 0 Å². The third-order valence-corrected chi connectivity index (χ3v) is 7.52. The summed E-state index contributed by atoms with van der Waals surface area (Å²) in [5, 5.41) is 3.22. The molecule has 3 aliphatic rings. The van der Waals surface area contributed by atoms with Gasteiger partial charge in [0.1, 0.15) is 0 Å². The molecular weight excluding hydrogens is 346 g/mol. The van der Waals surface area contributed by atoms with E-state index in [1.807, 2.05) is 0 Å². The van der Waals surface area contributed by atoms with Gasteiger partial charge in [-0.15, -0.1) is 0 Å². The number of likely N-dealkylation sites (tertiary alicyclic amines) is 1. The van der Waals surface area contributed by atoms with Crippen LogP contribution in [0.15, 0.2) is 24.3 Å². The van der Waals surface area contributed by atoms with Gasteiger partial charge < -0.3 is 11.1 Å². The predicted octanol–water partition coefficient (Wildman–Crippen LogP) is 3.69. The lowest BCUT2D eigenvalue weighted by Gasteiger charge is -2.43. The van der Waals surface area contributed by atoms with Crippen LogP contribution in [-0.4, -0.2) is 29.9 Å². The minimum Gasteiger partial charge on any atom is -0.352 e. The first-order valence-electron chi connectivity index (χ1n) is 11.4. The van der Waals surface area contributed by atoms with Crippen molar-refractivity contribution >= 4 is 5.91 Å². The van der Waals surface area contributed by atoms with Crippen molar-refractivity contribution in [2.24, 2.45) is 29.4 Å². The molecule has 1 aromatic carbocycles. The van der Waals surface area contributed by atoms with Crippen LogP contribution in [0.3, 0.4) is 0 Å². The summed E-state index contributed by atoms with van der Waals surface area (Å²) in [7, 11) is 0. The van der Waals surface area contributed by atoms with Gasteiger partial charge in [0, 0.05) is 25.0 Å². The Morgan fingerprint density at radius 2 is 1.79 bits per heavy atom. The normalized spacial score (nSPS) is 31.5. The number of amides is 1. The van der Waals surface area contributed by atoms with E-state index in [1.54, 1.807) is 0 Å². The number of nitrogens with two attached hydrogens (primary N) is 1. The first-order valence-corrected chi connectivity index (χ1v) is 11.4. The maximum absolute atomic E-state index is 12.8. The van der Waals surface area contributed by atoms with Crippen molar-refractivity contribution in [2.75, 3.05) is 13.1 Å². The van der Waals surface area contributed by atoms with E-state index >= 15 is 0 Å². The fraction of sp³-hybridized carbons (Fsp3) is 0.708. The van der Waals surface area contributed by atoms with Gasteiger partial charge >= 0.3 is 0 Å². The number of rotatable bonds is 5. The zero-order valence-electron chi connectivity index (χ0n) is 17.4. The fourth-order valence-corrected chi connectivity index (χ4v) is 5.65. The Morgan fingerprint density at radius 1 is 1.11 bits per heavy atom. The highest BCUT2D eigenvalue weighted by Gasteiger charge is 2.40. The number of nitrogens with zero attached hydrogens (tertiary/aromatic N) is 1. The standard InChI is InChI=1S/C24H37N3O/c1-17-8-10-27(11-9-17)16-19-5-2-4-18(12-19)15-26-24(28)22-13-20-6-3-7-21(14-22)23(20)25/h2,4-5,12,17,20-23H,3,6-11,13-16,25H2,1H3,(H,26,28). The van der Waals surface area contributed by atoms with E-state index in [9.17, 15) is 4.79 Å². The number of fused-ring (bicyclic) bond motifs is 2. The summed E-state index contributed by atoms with van der Waals surface area (Å²) in [6, 6.07) is 9.07. The molecule has 1 amide bonds. The molecule has 2 atom stereocenters. The van der Waals surface area contributed by atoms with Crippen molar-refractivity contribution in [3.63, 3.8) is 0 Å². The van der Waals surface area contributed by atoms with Crippen molar-refractivity contribution in [1.82, 2.24) is 10.2 Å². The molecule has 3 N–H and O–H groups in total. The summed E-state index contributed by atoms with van der Waals surface area (Å²) in [4.78, 5) is 15.3. The predicted molar refractivity (Wildman–Crippen MR) is 113 cm³/mol. The van der Waals surface area contributed by atoms with Gasteiger partial charge in [-0.2, -0.15) is 0 Å². The molecule has 4 nitrogen and oxygen atoms in total. The van der Waals surface area contributed by atoms with Crippen LogP contribution < -0.4 is 11.1 Å². The highest BCUT2D eigenvalue weighted by atomic mass is 16.1. The van der Waals surface area contributed by atoms with Gasteiger partial charge in [0.25, 0.3) is 0 Å². The molecule has 1 aliphatic heterocycles. The molecular formula is C24H37N3O. The maximum atomic E-state index is 12.8. The third-order valence-electron chi connectivity index (χ3n) is 7.52. The Bertz CT molecular complexity index is 654. The average Bonchev–Trinajstić information content (AvgIpc) is 2.68. The van der Waals surface area contributed by atoms with E-state index in [2.05, 4.69) is 41.4 Å². The van der Waals surface area contributed by atoms with Gasteiger partial charge in [-0.3, -0.25) is 9.69 Å². The molecule has 4 heteroatoms. The Labute approximate surface area is 170 Å². The van der Waals surface area contributed by atoms with Crippen LogP contribution in [-0.2, 0) is 17.9 Å². The highest BCUT2D eigenvalue weighted by molar-refractivity contribution is 5.78. The van der Waals surface area contributed by atoms with Crippen LogP contribution in [0.5, 0.6) is 0 Å². The molecule has 2 unspecified atom stereocenters. The minimum atomic E-state index is 0.161. The Morgan fingerprint density at radius 3 is 2.50 bits per heavy atom. The molecule has 0 radical (unpaired) electrons. The molecule has 3 fully saturated rings. The van der Waals surface area contributed by atoms with Gasteiger partial charge in [0.2, 0.25) is 5.91 Å². The van der Waals surface area contributed by atoms with Crippen molar-refractivity contribution in [3.8, 4) is 0 Å². The molecule has 1 heterocycles. The Kier molecular flexibility index (Phi) is 6.37. The number of carbonyl (C=O) groups excluding carboxylic acids is 1. The van der Waals surface area contributed by atoms with E-state index in [1.165, 1.54) is 56.3 Å². The van der Waals surface area contributed by atoms with E-state index < -0.39 is 0 Å². The molecule has 1 aromatic rings. The van der Waals surface area contributed by atoms with Crippen molar-refractivity contribution in [1.29, 1.82) is 0 Å². The molecule has 2 bridgehead atoms. The number of hydrogen-bond donors (Lipinski definition) is 2. The van der Waals surface area contributed by atoms with Gasteiger partial charge in [-0.05, 0) is 80.5 Å². The first kappa shape index (κ1) is 19.9. The molecule has 2 aliphatic carbocycles. The van der Waals surface area contributed by atoms with Crippen LogP contribution >= 0.6 is 0 Å². The summed E-state index contributed by atoms with van der Waals surface area (Å²) in [5.74, 6) is 2.37. The lowest BCUT2D eigenvalue weighted by atomic mass is 9.65. The molecule has 154 valence electrons. The largest absolute Gasteiger partial charge is 0.352 e. The molecule has 1 saturated heterocycles. The van der Waals surface area contributed by atoms with E-state index in [4.69, 9.17) is 5.73 Å².